The van der Waals surface area contributed by atoms with E-state index < -0.39 is 23.8 Å². The van der Waals surface area contributed by atoms with Crippen LogP contribution in [0.2, 0.25) is 0 Å². The Labute approximate surface area is 220 Å². The number of benzene rings is 2. The van der Waals surface area contributed by atoms with Crippen molar-refractivity contribution in [3.05, 3.63) is 65.5 Å². The smallest absolute Gasteiger partial charge is 0.419 e. The van der Waals surface area contributed by atoms with Crippen molar-refractivity contribution in [1.29, 1.82) is 0 Å². The molecular weight excluding hydrogens is 495 g/mol. The van der Waals surface area contributed by atoms with Crippen molar-refractivity contribution in [2.45, 2.75) is 58.9 Å². The molecule has 0 bridgehead atoms. The summed E-state index contributed by atoms with van der Waals surface area (Å²) in [7, 11) is 0. The molecule has 1 saturated heterocycles. The zero-order valence-corrected chi connectivity index (χ0v) is 21.8. The van der Waals surface area contributed by atoms with Crippen molar-refractivity contribution in [3.8, 4) is 28.3 Å². The van der Waals surface area contributed by atoms with E-state index in [2.05, 4.69) is 27.9 Å². The van der Waals surface area contributed by atoms with E-state index in [1.807, 2.05) is 12.1 Å². The molecule has 1 aliphatic rings. The van der Waals surface area contributed by atoms with E-state index in [0.29, 0.717) is 12.8 Å². The Balaban J connectivity index is 1.57. The molecule has 0 amide bonds. The minimum atomic E-state index is -4.57. The molecule has 0 aliphatic carbocycles. The van der Waals surface area contributed by atoms with Gasteiger partial charge in [-0.05, 0) is 81.1 Å². The van der Waals surface area contributed by atoms with E-state index in [4.69, 9.17) is 4.74 Å². The molecule has 1 aromatic heterocycles. The van der Waals surface area contributed by atoms with E-state index in [0.717, 1.165) is 48.8 Å². The lowest BCUT2D eigenvalue weighted by Crippen LogP contribution is -2.36. The summed E-state index contributed by atoms with van der Waals surface area (Å²) in [6, 6.07) is 9.93. The van der Waals surface area contributed by atoms with Crippen LogP contribution in [0.4, 0.5) is 13.2 Å². The lowest BCUT2D eigenvalue weighted by atomic mass is 9.93. The van der Waals surface area contributed by atoms with Crippen molar-refractivity contribution < 1.29 is 27.8 Å². The van der Waals surface area contributed by atoms with Crippen LogP contribution >= 0.6 is 0 Å². The highest BCUT2D eigenvalue weighted by atomic mass is 19.4. The number of nitrogens with zero attached hydrogens (tertiary/aromatic N) is 3. The van der Waals surface area contributed by atoms with Crippen LogP contribution in [0.5, 0.6) is 5.75 Å². The van der Waals surface area contributed by atoms with E-state index >= 15 is 0 Å². The van der Waals surface area contributed by atoms with Gasteiger partial charge in [0.1, 0.15) is 5.75 Å². The number of alkyl halides is 3. The van der Waals surface area contributed by atoms with Crippen molar-refractivity contribution in [3.63, 3.8) is 0 Å². The molecule has 4 rings (SSSR count). The predicted molar refractivity (Wildman–Crippen MR) is 139 cm³/mol. The Morgan fingerprint density at radius 2 is 1.79 bits per heavy atom. The molecule has 0 spiro atoms. The SMILES string of the molecule is CCc1c(CN2CCC(C(=O)O)CC2)cccc1-c1cnc(-c2ccc(OC(C)C)c(C(F)(F)F)c2)nc1. The standard InChI is InChI=1S/C29H32F3N3O3/c1-4-23-21(17-35-12-10-19(11-13-35)28(36)37)6-5-7-24(23)22-15-33-27(34-16-22)20-8-9-26(38-18(2)3)25(14-20)29(30,31)32/h5-9,14-16,18-19H,4,10-13,17H2,1-3H3,(H,36,37). The van der Waals surface area contributed by atoms with Crippen molar-refractivity contribution >= 4 is 5.97 Å². The number of hydrogen-bond acceptors (Lipinski definition) is 5. The predicted octanol–water partition coefficient (Wildman–Crippen LogP) is 6.48. The maximum absolute atomic E-state index is 13.7. The molecular formula is C29H32F3N3O3. The molecule has 1 fully saturated rings. The maximum Gasteiger partial charge on any atom is 0.419 e. The summed E-state index contributed by atoms with van der Waals surface area (Å²) in [6.07, 6.45) is 0.400. The fourth-order valence-corrected chi connectivity index (χ4v) is 4.91. The van der Waals surface area contributed by atoms with Crippen molar-refractivity contribution in [2.75, 3.05) is 13.1 Å². The molecule has 0 unspecified atom stereocenters. The average molecular weight is 528 g/mol. The van der Waals surface area contributed by atoms with E-state index in [9.17, 15) is 23.1 Å². The first-order valence-corrected chi connectivity index (χ1v) is 12.8. The second kappa shape index (κ2) is 11.5. The Hall–Kier alpha value is -3.46. The lowest BCUT2D eigenvalue weighted by molar-refractivity contribution is -0.143. The van der Waals surface area contributed by atoms with Gasteiger partial charge in [-0.2, -0.15) is 13.2 Å². The number of carboxylic acids is 1. The third-order valence-electron chi connectivity index (χ3n) is 6.83. The molecule has 6 nitrogen and oxygen atoms in total. The molecule has 1 aliphatic heterocycles. The van der Waals surface area contributed by atoms with Gasteiger partial charge in [0.25, 0.3) is 0 Å². The molecule has 38 heavy (non-hydrogen) atoms. The highest BCUT2D eigenvalue weighted by Crippen LogP contribution is 2.39. The third-order valence-corrected chi connectivity index (χ3v) is 6.83. The number of aromatic nitrogens is 2. The fourth-order valence-electron chi connectivity index (χ4n) is 4.91. The van der Waals surface area contributed by atoms with Crippen LogP contribution in [-0.2, 0) is 23.9 Å². The Morgan fingerprint density at radius 1 is 1.11 bits per heavy atom. The zero-order chi connectivity index (χ0) is 27.4. The number of ether oxygens (including phenoxy) is 1. The second-order valence-corrected chi connectivity index (χ2v) is 9.86. The van der Waals surface area contributed by atoms with Gasteiger partial charge in [-0.15, -0.1) is 0 Å². The van der Waals surface area contributed by atoms with Gasteiger partial charge in [-0.1, -0.05) is 25.1 Å². The summed E-state index contributed by atoms with van der Waals surface area (Å²) in [5.74, 6) is -1.01. The van der Waals surface area contributed by atoms with Crippen LogP contribution in [0.15, 0.2) is 48.8 Å². The highest BCUT2D eigenvalue weighted by Gasteiger charge is 2.35. The molecule has 3 aromatic rings. The van der Waals surface area contributed by atoms with Gasteiger partial charge < -0.3 is 9.84 Å². The number of carboxylic acid groups (broad SMARTS) is 1. The van der Waals surface area contributed by atoms with Gasteiger partial charge in [-0.25, -0.2) is 9.97 Å². The Morgan fingerprint density at radius 3 is 2.37 bits per heavy atom. The van der Waals surface area contributed by atoms with Gasteiger partial charge >= 0.3 is 12.1 Å². The van der Waals surface area contributed by atoms with Crippen molar-refractivity contribution in [2.24, 2.45) is 5.92 Å². The van der Waals surface area contributed by atoms with E-state index in [1.165, 1.54) is 17.7 Å². The molecule has 0 saturated carbocycles. The van der Waals surface area contributed by atoms with E-state index in [-0.39, 0.29) is 23.1 Å². The number of aliphatic carboxylic acids is 1. The maximum atomic E-state index is 13.7. The summed E-state index contributed by atoms with van der Waals surface area (Å²) in [5, 5.41) is 9.26. The summed E-state index contributed by atoms with van der Waals surface area (Å²) >= 11 is 0. The summed E-state index contributed by atoms with van der Waals surface area (Å²) in [5.41, 5.74) is 3.48. The van der Waals surface area contributed by atoms with Crippen LogP contribution < -0.4 is 4.74 Å². The lowest BCUT2D eigenvalue weighted by Gasteiger charge is -2.30. The molecule has 1 N–H and O–H groups in total. The molecule has 0 radical (unpaired) electrons. The van der Waals surface area contributed by atoms with Crippen LogP contribution in [0, 0.1) is 5.92 Å². The average Bonchev–Trinajstić information content (AvgIpc) is 2.88. The zero-order valence-electron chi connectivity index (χ0n) is 21.8. The Bertz CT molecular complexity index is 1270. The quantitative estimate of drug-likeness (QED) is 0.362. The molecule has 2 aromatic carbocycles. The first kappa shape index (κ1) is 27.6. The Kier molecular flexibility index (Phi) is 8.35. The van der Waals surface area contributed by atoms with Gasteiger partial charge in [0.2, 0.25) is 0 Å². The topological polar surface area (TPSA) is 75.6 Å². The molecule has 202 valence electrons. The third kappa shape index (κ3) is 6.32. The highest BCUT2D eigenvalue weighted by molar-refractivity contribution is 5.70. The monoisotopic (exact) mass is 527 g/mol. The first-order valence-electron chi connectivity index (χ1n) is 12.8. The van der Waals surface area contributed by atoms with Crippen molar-refractivity contribution in [1.82, 2.24) is 14.9 Å². The number of likely N-dealkylation sites (tertiary alicyclic amines) is 1. The number of halogens is 3. The van der Waals surface area contributed by atoms with Gasteiger partial charge in [0.15, 0.2) is 5.82 Å². The molecule has 0 atom stereocenters. The van der Waals surface area contributed by atoms with Crippen LogP contribution in [0.25, 0.3) is 22.5 Å². The van der Waals surface area contributed by atoms with E-state index in [1.54, 1.807) is 26.2 Å². The minimum absolute atomic E-state index is 0.200. The number of carbonyl (C=O) groups is 1. The van der Waals surface area contributed by atoms with Crippen LogP contribution in [-0.4, -0.2) is 45.1 Å². The van der Waals surface area contributed by atoms with Gasteiger partial charge in [0, 0.05) is 30.1 Å². The second-order valence-electron chi connectivity index (χ2n) is 9.86. The number of hydrogen-bond donors (Lipinski definition) is 1. The number of rotatable bonds is 8. The molecule has 9 heteroatoms. The van der Waals surface area contributed by atoms with Crippen LogP contribution in [0.3, 0.4) is 0 Å². The normalized spacial score (nSPS) is 15.1. The first-order chi connectivity index (χ1) is 18.1. The fraction of sp³-hybridized carbons (Fsp3) is 0.414. The van der Waals surface area contributed by atoms with Gasteiger partial charge in [-0.3, -0.25) is 9.69 Å². The minimum Gasteiger partial charge on any atom is -0.490 e. The summed E-state index contributed by atoms with van der Waals surface area (Å²) in [6.45, 7) is 7.64. The number of piperidine rings is 1. The van der Waals surface area contributed by atoms with Crippen LogP contribution in [0.1, 0.15) is 50.3 Å². The summed E-state index contributed by atoms with van der Waals surface area (Å²) < 4.78 is 46.4. The van der Waals surface area contributed by atoms with Gasteiger partial charge in [0.05, 0.1) is 17.6 Å². The molecule has 2 heterocycles. The summed E-state index contributed by atoms with van der Waals surface area (Å²) in [4.78, 5) is 22.3. The largest absolute Gasteiger partial charge is 0.490 e.